The molecule has 2 N–H and O–H groups in total. The zero-order valence-corrected chi connectivity index (χ0v) is 19.4. The Bertz CT molecular complexity index is 864. The highest BCUT2D eigenvalue weighted by Crippen LogP contribution is 2.22. The smallest absolute Gasteiger partial charge is 0.191 e. The van der Waals surface area contributed by atoms with Crippen LogP contribution in [0.4, 0.5) is 19.0 Å². The van der Waals surface area contributed by atoms with E-state index in [1.807, 2.05) is 18.7 Å². The molecule has 1 saturated heterocycles. The number of anilines is 1. The third kappa shape index (κ3) is 6.23. The topological polar surface area (TPSA) is 52.6 Å². The first-order valence-corrected chi connectivity index (χ1v) is 9.83. The lowest BCUT2D eigenvalue weighted by Gasteiger charge is -2.20. The molecule has 5 nitrogen and oxygen atoms in total. The lowest BCUT2D eigenvalue weighted by Crippen LogP contribution is -2.44. The molecule has 0 aliphatic carbocycles. The van der Waals surface area contributed by atoms with Gasteiger partial charge in [0.2, 0.25) is 0 Å². The summed E-state index contributed by atoms with van der Waals surface area (Å²) in [6, 6.07) is 6.68. The van der Waals surface area contributed by atoms with E-state index in [1.54, 1.807) is 12.3 Å². The molecule has 1 aliphatic heterocycles. The van der Waals surface area contributed by atoms with Gasteiger partial charge in [-0.25, -0.2) is 18.2 Å². The summed E-state index contributed by atoms with van der Waals surface area (Å²) in [5.41, 5.74) is 0.434. The second-order valence-corrected chi connectivity index (χ2v) is 7.17. The van der Waals surface area contributed by atoms with Crippen LogP contribution in [-0.4, -0.2) is 43.2 Å². The van der Waals surface area contributed by atoms with Crippen molar-refractivity contribution >= 4 is 35.8 Å². The highest BCUT2D eigenvalue weighted by molar-refractivity contribution is 14.0. The lowest BCUT2D eigenvalue weighted by atomic mass is 10.0. The summed E-state index contributed by atoms with van der Waals surface area (Å²) < 4.78 is 41.1. The van der Waals surface area contributed by atoms with Crippen molar-refractivity contribution in [1.82, 2.24) is 15.6 Å². The molecule has 164 valence electrons. The Hall–Kier alpha value is -2.04. The van der Waals surface area contributed by atoms with Gasteiger partial charge < -0.3 is 15.5 Å². The highest BCUT2D eigenvalue weighted by atomic mass is 127. The van der Waals surface area contributed by atoms with Gasteiger partial charge in [-0.05, 0) is 37.1 Å². The predicted octanol–water partition coefficient (Wildman–Crippen LogP) is 4.05. The molecule has 3 rings (SSSR count). The Labute approximate surface area is 192 Å². The standard InChI is InChI=1S/C21H26F3N5.HI/c1-3-25-21(27-12-14(2)17-7-6-15(22)11-19(17)24)28-16-8-10-29(13-16)20-18(23)5-4-9-26-20;/h4-7,9,11,14,16H,3,8,10,12-13H2,1-2H3,(H2,25,27,28);1H. The van der Waals surface area contributed by atoms with E-state index in [4.69, 9.17) is 0 Å². The van der Waals surface area contributed by atoms with Gasteiger partial charge in [-0.1, -0.05) is 13.0 Å². The van der Waals surface area contributed by atoms with E-state index in [0.29, 0.717) is 43.5 Å². The summed E-state index contributed by atoms with van der Waals surface area (Å²) in [7, 11) is 0. The van der Waals surface area contributed by atoms with E-state index < -0.39 is 11.6 Å². The summed E-state index contributed by atoms with van der Waals surface area (Å²) in [6.07, 6.45) is 2.41. The first-order chi connectivity index (χ1) is 14.0. The molecular weight excluding hydrogens is 506 g/mol. The average molecular weight is 533 g/mol. The minimum atomic E-state index is -0.591. The molecule has 2 aromatic rings. The largest absolute Gasteiger partial charge is 0.357 e. The van der Waals surface area contributed by atoms with Crippen LogP contribution in [0.15, 0.2) is 41.5 Å². The van der Waals surface area contributed by atoms with Gasteiger partial charge in [0.05, 0.1) is 0 Å². The molecular formula is C21H27F3IN5. The van der Waals surface area contributed by atoms with Crippen molar-refractivity contribution in [3.05, 3.63) is 59.5 Å². The molecule has 0 radical (unpaired) electrons. The number of hydrogen-bond acceptors (Lipinski definition) is 3. The second-order valence-electron chi connectivity index (χ2n) is 7.17. The fourth-order valence-electron chi connectivity index (χ4n) is 3.42. The van der Waals surface area contributed by atoms with Crippen molar-refractivity contribution in [2.24, 2.45) is 4.99 Å². The molecule has 0 saturated carbocycles. The van der Waals surface area contributed by atoms with E-state index >= 15 is 0 Å². The third-order valence-electron chi connectivity index (χ3n) is 4.93. The third-order valence-corrected chi connectivity index (χ3v) is 4.93. The van der Waals surface area contributed by atoms with Gasteiger partial charge >= 0.3 is 0 Å². The summed E-state index contributed by atoms with van der Waals surface area (Å²) in [6.45, 7) is 6.15. The van der Waals surface area contributed by atoms with Gasteiger partial charge in [0, 0.05) is 50.4 Å². The van der Waals surface area contributed by atoms with Crippen molar-refractivity contribution in [2.75, 3.05) is 31.1 Å². The fourth-order valence-corrected chi connectivity index (χ4v) is 3.42. The van der Waals surface area contributed by atoms with Crippen molar-refractivity contribution in [1.29, 1.82) is 0 Å². The maximum Gasteiger partial charge on any atom is 0.191 e. The number of hydrogen-bond donors (Lipinski definition) is 2. The SMILES string of the molecule is CCNC(=NCC(C)c1ccc(F)cc1F)NC1CCN(c2ncccc2F)C1.I. The van der Waals surface area contributed by atoms with Crippen molar-refractivity contribution in [2.45, 2.75) is 32.2 Å². The molecule has 1 aliphatic rings. The Kier molecular flexibility index (Phi) is 9.19. The van der Waals surface area contributed by atoms with Crippen LogP contribution in [0.25, 0.3) is 0 Å². The first-order valence-electron chi connectivity index (χ1n) is 9.83. The molecule has 0 amide bonds. The van der Waals surface area contributed by atoms with E-state index in [2.05, 4.69) is 20.6 Å². The number of pyridine rings is 1. The Morgan fingerprint density at radius 2 is 2.07 bits per heavy atom. The van der Waals surface area contributed by atoms with Gasteiger partial charge in [0.15, 0.2) is 17.6 Å². The molecule has 1 aromatic carbocycles. The first kappa shape index (κ1) is 24.2. The number of nitrogens with zero attached hydrogens (tertiary/aromatic N) is 3. The number of guanidine groups is 1. The van der Waals surface area contributed by atoms with Gasteiger partial charge in [0.25, 0.3) is 0 Å². The minimum Gasteiger partial charge on any atom is -0.357 e. The zero-order chi connectivity index (χ0) is 20.8. The number of aliphatic imine (C=N–C) groups is 1. The summed E-state index contributed by atoms with van der Waals surface area (Å²) in [5, 5.41) is 6.54. The molecule has 2 atom stereocenters. The van der Waals surface area contributed by atoms with Crippen molar-refractivity contribution in [3.63, 3.8) is 0 Å². The number of aromatic nitrogens is 1. The van der Waals surface area contributed by atoms with E-state index in [1.165, 1.54) is 18.2 Å². The highest BCUT2D eigenvalue weighted by Gasteiger charge is 2.26. The van der Waals surface area contributed by atoms with Crippen molar-refractivity contribution < 1.29 is 13.2 Å². The van der Waals surface area contributed by atoms with Crippen LogP contribution in [-0.2, 0) is 0 Å². The van der Waals surface area contributed by atoms with E-state index in [-0.39, 0.29) is 41.8 Å². The monoisotopic (exact) mass is 533 g/mol. The second kappa shape index (κ2) is 11.4. The number of benzene rings is 1. The molecule has 1 aromatic heterocycles. The molecule has 0 spiro atoms. The van der Waals surface area contributed by atoms with Crippen LogP contribution in [0.3, 0.4) is 0 Å². The number of nitrogens with one attached hydrogen (secondary N) is 2. The van der Waals surface area contributed by atoms with Crippen LogP contribution in [0.2, 0.25) is 0 Å². The molecule has 30 heavy (non-hydrogen) atoms. The fraction of sp³-hybridized carbons (Fsp3) is 0.429. The van der Waals surface area contributed by atoms with E-state index in [9.17, 15) is 13.2 Å². The Balaban J connectivity index is 0.00000320. The average Bonchev–Trinajstić information content (AvgIpc) is 3.14. The van der Waals surface area contributed by atoms with E-state index in [0.717, 1.165) is 12.5 Å². The van der Waals surface area contributed by atoms with Crippen LogP contribution in [0.5, 0.6) is 0 Å². The van der Waals surface area contributed by atoms with Gasteiger partial charge in [-0.3, -0.25) is 4.99 Å². The molecule has 0 bridgehead atoms. The quantitative estimate of drug-likeness (QED) is 0.334. The maximum atomic E-state index is 14.0. The van der Waals surface area contributed by atoms with Crippen molar-refractivity contribution in [3.8, 4) is 0 Å². The molecule has 9 heteroatoms. The van der Waals surface area contributed by atoms with Gasteiger partial charge in [0.1, 0.15) is 11.6 Å². The summed E-state index contributed by atoms with van der Waals surface area (Å²) in [4.78, 5) is 10.6. The van der Waals surface area contributed by atoms with Gasteiger partial charge in [-0.15, -0.1) is 24.0 Å². The predicted molar refractivity (Wildman–Crippen MR) is 124 cm³/mol. The Morgan fingerprint density at radius 1 is 1.27 bits per heavy atom. The van der Waals surface area contributed by atoms with Crippen LogP contribution < -0.4 is 15.5 Å². The summed E-state index contributed by atoms with van der Waals surface area (Å²) in [5.74, 6) is -0.700. The zero-order valence-electron chi connectivity index (χ0n) is 17.0. The number of halogens is 4. The Morgan fingerprint density at radius 3 is 2.77 bits per heavy atom. The minimum absolute atomic E-state index is 0. The van der Waals surface area contributed by atoms with Crippen LogP contribution in [0, 0.1) is 17.5 Å². The normalized spacial score (nSPS) is 17.4. The van der Waals surface area contributed by atoms with Crippen LogP contribution >= 0.6 is 24.0 Å². The lowest BCUT2D eigenvalue weighted by molar-refractivity contribution is 0.559. The summed E-state index contributed by atoms with van der Waals surface area (Å²) >= 11 is 0. The maximum absolute atomic E-state index is 14.0. The van der Waals surface area contributed by atoms with Gasteiger partial charge in [-0.2, -0.15) is 0 Å². The molecule has 2 heterocycles. The molecule has 1 fully saturated rings. The van der Waals surface area contributed by atoms with Crippen LogP contribution in [0.1, 0.15) is 31.7 Å². The number of rotatable bonds is 6. The molecule has 2 unspecified atom stereocenters.